The minimum atomic E-state index is -1.44. The molecule has 1 atom stereocenters. The van der Waals surface area contributed by atoms with Crippen molar-refractivity contribution in [1.29, 1.82) is 0 Å². The standard InChI is InChI=1S/C16H18FN5O3/c1-18-15-8-7-13(22(23)24)16(19-15)21(12-5-3-2-4-6-12)20-9-10-25-11-14(20)17/h2-8,14H,9-11H2,1H3,(H,18,19). The maximum Gasteiger partial charge on any atom is 0.313 e. The molecule has 25 heavy (non-hydrogen) atoms. The Morgan fingerprint density at radius 2 is 2.12 bits per heavy atom. The Labute approximate surface area is 143 Å². The van der Waals surface area contributed by atoms with E-state index >= 15 is 0 Å². The topological polar surface area (TPSA) is 83.8 Å². The highest BCUT2D eigenvalue weighted by molar-refractivity contribution is 5.69. The third-order valence-electron chi connectivity index (χ3n) is 3.81. The van der Waals surface area contributed by atoms with Crippen LogP contribution in [0.2, 0.25) is 0 Å². The zero-order valence-corrected chi connectivity index (χ0v) is 13.6. The molecule has 1 saturated heterocycles. The molecule has 8 nitrogen and oxygen atoms in total. The highest BCUT2D eigenvalue weighted by Crippen LogP contribution is 2.35. The second-order valence-corrected chi connectivity index (χ2v) is 5.37. The van der Waals surface area contributed by atoms with Gasteiger partial charge in [-0.15, -0.1) is 0 Å². The number of hydrogen-bond donors (Lipinski definition) is 1. The number of nitrogens with zero attached hydrogens (tertiary/aromatic N) is 4. The summed E-state index contributed by atoms with van der Waals surface area (Å²) in [5.41, 5.74) is 0.373. The predicted octanol–water partition coefficient (Wildman–Crippen LogP) is 2.71. The molecule has 1 aromatic carbocycles. The first kappa shape index (κ1) is 17.1. The summed E-state index contributed by atoms with van der Waals surface area (Å²) in [4.78, 5) is 15.3. The average Bonchev–Trinajstić information content (AvgIpc) is 2.64. The quantitative estimate of drug-likeness (QED) is 0.506. The summed E-state index contributed by atoms with van der Waals surface area (Å²) < 4.78 is 19.7. The molecule has 1 aliphatic rings. The van der Waals surface area contributed by atoms with Gasteiger partial charge in [0.1, 0.15) is 5.82 Å². The fraction of sp³-hybridized carbons (Fsp3) is 0.312. The molecule has 1 N–H and O–H groups in total. The fourth-order valence-electron chi connectivity index (χ4n) is 2.63. The lowest BCUT2D eigenvalue weighted by Crippen LogP contribution is -2.51. The van der Waals surface area contributed by atoms with E-state index in [4.69, 9.17) is 4.74 Å². The van der Waals surface area contributed by atoms with Gasteiger partial charge in [0, 0.05) is 19.7 Å². The lowest BCUT2D eigenvalue weighted by Gasteiger charge is -2.39. The molecule has 2 aromatic rings. The van der Waals surface area contributed by atoms with Gasteiger partial charge in [0.15, 0.2) is 6.30 Å². The van der Waals surface area contributed by atoms with Gasteiger partial charge in [-0.05, 0) is 18.2 Å². The van der Waals surface area contributed by atoms with Crippen LogP contribution in [0, 0.1) is 10.1 Å². The predicted molar refractivity (Wildman–Crippen MR) is 91.4 cm³/mol. The van der Waals surface area contributed by atoms with Crippen molar-refractivity contribution >= 4 is 23.0 Å². The van der Waals surface area contributed by atoms with Crippen LogP contribution in [0.1, 0.15) is 0 Å². The Kier molecular flexibility index (Phi) is 5.05. The number of hydrazine groups is 1. The molecule has 0 saturated carbocycles. The molecule has 0 radical (unpaired) electrons. The summed E-state index contributed by atoms with van der Waals surface area (Å²) in [6, 6.07) is 11.8. The van der Waals surface area contributed by atoms with Crippen LogP contribution >= 0.6 is 0 Å². The lowest BCUT2D eigenvalue weighted by molar-refractivity contribution is -0.384. The van der Waals surface area contributed by atoms with Gasteiger partial charge in [-0.25, -0.2) is 14.4 Å². The van der Waals surface area contributed by atoms with E-state index in [9.17, 15) is 14.5 Å². The molecule has 0 bridgehead atoms. The smallest absolute Gasteiger partial charge is 0.313 e. The first-order valence-electron chi connectivity index (χ1n) is 7.78. The second kappa shape index (κ2) is 7.41. The third kappa shape index (κ3) is 3.52. The zero-order valence-electron chi connectivity index (χ0n) is 13.6. The molecular formula is C16H18FN5O3. The number of halogens is 1. The van der Waals surface area contributed by atoms with Gasteiger partial charge in [0.05, 0.1) is 23.8 Å². The van der Waals surface area contributed by atoms with Gasteiger partial charge >= 0.3 is 5.69 Å². The van der Waals surface area contributed by atoms with E-state index in [-0.39, 0.29) is 24.7 Å². The molecular weight excluding hydrogens is 329 g/mol. The second-order valence-electron chi connectivity index (χ2n) is 5.37. The normalized spacial score (nSPS) is 17.9. The van der Waals surface area contributed by atoms with Crippen molar-refractivity contribution in [3.8, 4) is 0 Å². The number of aromatic nitrogens is 1. The van der Waals surface area contributed by atoms with E-state index in [0.717, 1.165) is 0 Å². The summed E-state index contributed by atoms with van der Waals surface area (Å²) in [5, 5.41) is 17.2. The number of ether oxygens (including phenoxy) is 1. The van der Waals surface area contributed by atoms with Crippen molar-refractivity contribution in [3.05, 3.63) is 52.6 Å². The number of benzene rings is 1. The number of rotatable bonds is 5. The summed E-state index contributed by atoms with van der Waals surface area (Å²) in [7, 11) is 1.66. The number of nitro groups is 1. The minimum absolute atomic E-state index is 0.0487. The maximum atomic E-state index is 14.5. The fourth-order valence-corrected chi connectivity index (χ4v) is 2.63. The first-order chi connectivity index (χ1) is 12.1. The first-order valence-corrected chi connectivity index (χ1v) is 7.78. The van der Waals surface area contributed by atoms with E-state index in [1.54, 1.807) is 31.3 Å². The van der Waals surface area contributed by atoms with Crippen LogP contribution in [-0.2, 0) is 4.74 Å². The van der Waals surface area contributed by atoms with Gasteiger partial charge in [-0.1, -0.05) is 18.2 Å². The number of anilines is 3. The molecule has 0 spiro atoms. The van der Waals surface area contributed by atoms with Crippen molar-refractivity contribution in [2.45, 2.75) is 6.30 Å². The molecule has 1 aliphatic heterocycles. The summed E-state index contributed by atoms with van der Waals surface area (Å²) in [6.07, 6.45) is -1.44. The monoisotopic (exact) mass is 347 g/mol. The Balaban J connectivity index is 2.16. The van der Waals surface area contributed by atoms with Gasteiger partial charge in [-0.3, -0.25) is 10.1 Å². The van der Waals surface area contributed by atoms with E-state index in [2.05, 4.69) is 10.3 Å². The number of alkyl halides is 1. The van der Waals surface area contributed by atoms with Gasteiger partial charge in [0.25, 0.3) is 0 Å². The van der Waals surface area contributed by atoms with Crippen LogP contribution in [0.5, 0.6) is 0 Å². The zero-order chi connectivity index (χ0) is 17.8. The van der Waals surface area contributed by atoms with Crippen LogP contribution < -0.4 is 10.3 Å². The third-order valence-corrected chi connectivity index (χ3v) is 3.81. The SMILES string of the molecule is CNc1ccc([N+](=O)[O-])c(N(c2ccccc2)N2CCOCC2F)n1. The Morgan fingerprint density at radius 1 is 1.36 bits per heavy atom. The number of morpholine rings is 1. The Hall–Kier alpha value is -2.78. The minimum Gasteiger partial charge on any atom is -0.376 e. The number of nitrogens with one attached hydrogen (secondary N) is 1. The van der Waals surface area contributed by atoms with E-state index in [1.807, 2.05) is 6.07 Å². The van der Waals surface area contributed by atoms with Crippen molar-refractivity contribution in [3.63, 3.8) is 0 Å². The van der Waals surface area contributed by atoms with E-state index in [0.29, 0.717) is 18.1 Å². The lowest BCUT2D eigenvalue weighted by atomic mass is 10.3. The molecule has 3 rings (SSSR count). The van der Waals surface area contributed by atoms with Crippen LogP contribution in [0.15, 0.2) is 42.5 Å². The maximum absolute atomic E-state index is 14.5. The number of hydrogen-bond acceptors (Lipinski definition) is 7. The average molecular weight is 347 g/mol. The van der Waals surface area contributed by atoms with Gasteiger partial charge in [-0.2, -0.15) is 5.01 Å². The van der Waals surface area contributed by atoms with Crippen molar-refractivity contribution < 1.29 is 14.1 Å². The van der Waals surface area contributed by atoms with Crippen molar-refractivity contribution in [2.24, 2.45) is 0 Å². The van der Waals surface area contributed by atoms with Crippen molar-refractivity contribution in [1.82, 2.24) is 9.99 Å². The molecule has 9 heteroatoms. The highest BCUT2D eigenvalue weighted by Gasteiger charge is 2.34. The molecule has 1 unspecified atom stereocenters. The largest absolute Gasteiger partial charge is 0.376 e. The number of para-hydroxylation sites is 1. The van der Waals surface area contributed by atoms with Crippen LogP contribution in [0.25, 0.3) is 0 Å². The van der Waals surface area contributed by atoms with Crippen LogP contribution in [0.4, 0.5) is 27.4 Å². The highest BCUT2D eigenvalue weighted by atomic mass is 19.1. The van der Waals surface area contributed by atoms with Crippen LogP contribution in [0.3, 0.4) is 0 Å². The molecule has 0 amide bonds. The summed E-state index contributed by atoms with van der Waals surface area (Å²) >= 11 is 0. The Morgan fingerprint density at radius 3 is 2.76 bits per heavy atom. The molecule has 1 aromatic heterocycles. The van der Waals surface area contributed by atoms with Crippen molar-refractivity contribution in [2.75, 3.05) is 37.1 Å². The molecule has 0 aliphatic carbocycles. The Bertz CT molecular complexity index is 746. The van der Waals surface area contributed by atoms with E-state index in [1.165, 1.54) is 22.2 Å². The van der Waals surface area contributed by atoms with Gasteiger partial charge < -0.3 is 10.1 Å². The molecule has 1 fully saturated rings. The van der Waals surface area contributed by atoms with Crippen LogP contribution in [-0.4, -0.2) is 48.0 Å². The summed E-state index contributed by atoms with van der Waals surface area (Å²) in [6.45, 7) is 0.463. The number of pyridine rings is 1. The van der Waals surface area contributed by atoms with Gasteiger partial charge in [0.2, 0.25) is 5.82 Å². The molecule has 2 heterocycles. The van der Waals surface area contributed by atoms with E-state index < -0.39 is 11.2 Å². The molecule has 132 valence electrons. The summed E-state index contributed by atoms with van der Waals surface area (Å²) in [5.74, 6) is 0.498.